The number of hydrogen-bond acceptors (Lipinski definition) is 0. The molecule has 4 aliphatic rings. The summed E-state index contributed by atoms with van der Waals surface area (Å²) in [4.78, 5) is 0. The van der Waals surface area contributed by atoms with Crippen molar-refractivity contribution in [3.8, 4) is 0 Å². The molecule has 0 heteroatoms. The van der Waals surface area contributed by atoms with Gasteiger partial charge in [0.1, 0.15) is 0 Å². The van der Waals surface area contributed by atoms with Crippen molar-refractivity contribution in [2.45, 2.75) is 88.5 Å². The van der Waals surface area contributed by atoms with E-state index in [-0.39, 0.29) is 10.8 Å². The van der Waals surface area contributed by atoms with Crippen LogP contribution in [0.4, 0.5) is 0 Å². The zero-order valence-electron chi connectivity index (χ0n) is 22.7. The Bertz CT molecular complexity index is 773. The summed E-state index contributed by atoms with van der Waals surface area (Å²) in [6.07, 6.45) is 19.8. The molecule has 2 saturated carbocycles. The van der Waals surface area contributed by atoms with Crippen LogP contribution in [-0.2, 0) is 0 Å². The van der Waals surface area contributed by atoms with Crippen LogP contribution in [0.5, 0.6) is 0 Å². The maximum Gasteiger partial charge on any atom is -0.00954 e. The fraction of sp³-hybridized carbons (Fsp3) is 0.750. The van der Waals surface area contributed by atoms with Crippen molar-refractivity contribution in [3.63, 3.8) is 0 Å². The molecule has 4 aliphatic carbocycles. The van der Waals surface area contributed by atoms with E-state index in [9.17, 15) is 0 Å². The van der Waals surface area contributed by atoms with Gasteiger partial charge >= 0.3 is 0 Å². The monoisotopic (exact) mass is 434 g/mol. The summed E-state index contributed by atoms with van der Waals surface area (Å²) in [5.74, 6) is 6.18. The maximum atomic E-state index is 2.72. The Morgan fingerprint density at radius 3 is 1.53 bits per heavy atom. The van der Waals surface area contributed by atoms with E-state index in [4.69, 9.17) is 0 Å². The van der Waals surface area contributed by atoms with E-state index in [0.29, 0.717) is 29.1 Å². The van der Waals surface area contributed by atoms with E-state index in [0.717, 1.165) is 23.7 Å². The fourth-order valence-corrected chi connectivity index (χ4v) is 7.31. The van der Waals surface area contributed by atoms with Crippen LogP contribution in [0.25, 0.3) is 0 Å². The third kappa shape index (κ3) is 4.50. The normalized spacial score (nSPS) is 39.6. The molecule has 7 atom stereocenters. The second kappa shape index (κ2) is 8.02. The molecule has 0 aromatic carbocycles. The first-order valence-electron chi connectivity index (χ1n) is 13.5. The summed E-state index contributed by atoms with van der Waals surface area (Å²) in [7, 11) is 0. The minimum absolute atomic E-state index is 0.236. The molecule has 0 spiro atoms. The van der Waals surface area contributed by atoms with Crippen LogP contribution in [0, 0.1) is 63.6 Å². The van der Waals surface area contributed by atoms with Crippen molar-refractivity contribution >= 4 is 0 Å². The predicted molar refractivity (Wildman–Crippen MR) is 140 cm³/mol. The van der Waals surface area contributed by atoms with Gasteiger partial charge < -0.3 is 0 Å². The second-order valence-electron chi connectivity index (χ2n) is 14.9. The van der Waals surface area contributed by atoms with Gasteiger partial charge in [-0.3, -0.25) is 0 Å². The van der Waals surface area contributed by atoms with Gasteiger partial charge in [0.2, 0.25) is 0 Å². The summed E-state index contributed by atoms with van der Waals surface area (Å²) in [6, 6.07) is 0. The molecule has 0 amide bonds. The lowest BCUT2D eigenvalue weighted by Crippen LogP contribution is -2.24. The summed E-state index contributed by atoms with van der Waals surface area (Å²) >= 11 is 0. The van der Waals surface area contributed by atoms with E-state index < -0.39 is 0 Å². The van der Waals surface area contributed by atoms with E-state index in [1.54, 1.807) is 11.1 Å². The van der Waals surface area contributed by atoms with Crippen LogP contribution in [0.3, 0.4) is 0 Å². The van der Waals surface area contributed by atoms with Gasteiger partial charge in [-0.25, -0.2) is 0 Å². The van der Waals surface area contributed by atoms with Gasteiger partial charge in [0, 0.05) is 0 Å². The quantitative estimate of drug-likeness (QED) is 0.406. The summed E-state index contributed by atoms with van der Waals surface area (Å²) < 4.78 is 0. The summed E-state index contributed by atoms with van der Waals surface area (Å²) in [5, 5.41) is 0. The first-order valence-corrected chi connectivity index (χ1v) is 13.5. The zero-order valence-corrected chi connectivity index (χ0v) is 22.7. The smallest absolute Gasteiger partial charge is 0.00954 e. The lowest BCUT2D eigenvalue weighted by Gasteiger charge is -2.33. The van der Waals surface area contributed by atoms with Crippen molar-refractivity contribution < 1.29 is 0 Å². The molecule has 0 nitrogen and oxygen atoms in total. The van der Waals surface area contributed by atoms with E-state index in [2.05, 4.69) is 106 Å². The molecule has 4 rings (SSSR count). The SMILES string of the molecule is CC1CC(C(C)(C)C)CC1CC1C2C=C(C(C)(C)C)C=CC2C2C=CC(C(C)(C)C)=CC21. The fourth-order valence-electron chi connectivity index (χ4n) is 7.31. The molecule has 32 heavy (non-hydrogen) atoms. The average molecular weight is 435 g/mol. The van der Waals surface area contributed by atoms with Gasteiger partial charge in [-0.2, -0.15) is 0 Å². The van der Waals surface area contributed by atoms with Crippen molar-refractivity contribution in [3.05, 3.63) is 47.6 Å². The topological polar surface area (TPSA) is 0 Å². The highest BCUT2D eigenvalue weighted by Gasteiger charge is 2.50. The van der Waals surface area contributed by atoms with Gasteiger partial charge in [-0.1, -0.05) is 106 Å². The average Bonchev–Trinajstić information content (AvgIpc) is 3.18. The first kappa shape index (κ1) is 24.1. The predicted octanol–water partition coefficient (Wildman–Crippen LogP) is 9.26. The van der Waals surface area contributed by atoms with Crippen LogP contribution in [0.1, 0.15) is 88.5 Å². The van der Waals surface area contributed by atoms with Crippen LogP contribution in [-0.4, -0.2) is 0 Å². The van der Waals surface area contributed by atoms with Gasteiger partial charge in [-0.05, 0) is 94.0 Å². The number of rotatable bonds is 2. The van der Waals surface area contributed by atoms with Crippen LogP contribution in [0.15, 0.2) is 47.6 Å². The molecule has 0 aromatic rings. The van der Waals surface area contributed by atoms with Crippen molar-refractivity contribution in [2.75, 3.05) is 0 Å². The Kier molecular flexibility index (Phi) is 6.04. The van der Waals surface area contributed by atoms with Crippen LogP contribution in [0.2, 0.25) is 0 Å². The van der Waals surface area contributed by atoms with Gasteiger partial charge in [0.25, 0.3) is 0 Å². The van der Waals surface area contributed by atoms with E-state index in [1.165, 1.54) is 19.3 Å². The highest BCUT2D eigenvalue weighted by molar-refractivity contribution is 5.38. The molecule has 0 radical (unpaired) electrons. The molecule has 0 bridgehead atoms. The number of fused-ring (bicyclic) bond motifs is 3. The third-order valence-corrected chi connectivity index (χ3v) is 9.64. The molecular formula is C32H50. The van der Waals surface area contributed by atoms with E-state index >= 15 is 0 Å². The number of hydrogen-bond donors (Lipinski definition) is 0. The Labute approximate surface area is 199 Å². The molecule has 7 unspecified atom stereocenters. The number of allylic oxidation sites excluding steroid dienone is 8. The first-order chi connectivity index (χ1) is 14.7. The van der Waals surface area contributed by atoms with Gasteiger partial charge in [-0.15, -0.1) is 0 Å². The van der Waals surface area contributed by atoms with Crippen LogP contribution >= 0.6 is 0 Å². The lowest BCUT2D eigenvalue weighted by molar-refractivity contribution is 0.224. The Balaban J connectivity index is 1.67. The summed E-state index contributed by atoms with van der Waals surface area (Å²) in [5.41, 5.74) is 4.03. The zero-order chi connectivity index (χ0) is 23.6. The van der Waals surface area contributed by atoms with Crippen LogP contribution < -0.4 is 0 Å². The van der Waals surface area contributed by atoms with Gasteiger partial charge in [0.15, 0.2) is 0 Å². The molecule has 178 valence electrons. The molecule has 0 heterocycles. The Morgan fingerprint density at radius 1 is 0.688 bits per heavy atom. The molecule has 2 fully saturated rings. The second-order valence-corrected chi connectivity index (χ2v) is 14.9. The standard InChI is InChI=1S/C32H50/c1-20-15-24(32(8,9)10)16-21(20)17-27-28-18-22(30(2,3)4)11-13-25(28)26-14-12-23(19-29(26)27)31(5,6)7/h11-14,18-21,24-29H,15-17H2,1-10H3. The molecule has 0 aliphatic heterocycles. The minimum Gasteiger partial charge on any atom is -0.0799 e. The molecular weight excluding hydrogens is 384 g/mol. The maximum absolute atomic E-state index is 2.72. The Morgan fingerprint density at radius 2 is 1.16 bits per heavy atom. The highest BCUT2D eigenvalue weighted by Crippen LogP contribution is 2.58. The molecule has 0 N–H and O–H groups in total. The van der Waals surface area contributed by atoms with E-state index in [1.807, 2.05) is 0 Å². The van der Waals surface area contributed by atoms with Crippen molar-refractivity contribution in [2.24, 2.45) is 63.6 Å². The summed E-state index contributed by atoms with van der Waals surface area (Å²) in [6.45, 7) is 24.2. The molecule has 0 saturated heterocycles. The Hall–Kier alpha value is -1.04. The van der Waals surface area contributed by atoms with Gasteiger partial charge in [0.05, 0.1) is 0 Å². The third-order valence-electron chi connectivity index (χ3n) is 9.64. The lowest BCUT2D eigenvalue weighted by atomic mass is 9.72. The van der Waals surface area contributed by atoms with Crippen molar-refractivity contribution in [1.82, 2.24) is 0 Å². The highest BCUT2D eigenvalue weighted by atomic mass is 14.5. The van der Waals surface area contributed by atoms with Crippen molar-refractivity contribution in [1.29, 1.82) is 0 Å². The largest absolute Gasteiger partial charge is 0.0799 e. The molecule has 0 aromatic heterocycles. The minimum atomic E-state index is 0.236.